The molecule has 2 saturated heterocycles. The molecular weight excluding hydrogens is 456 g/mol. The van der Waals surface area contributed by atoms with Crippen molar-refractivity contribution in [2.45, 2.75) is 64.3 Å². The second kappa shape index (κ2) is 11.4. The summed E-state index contributed by atoms with van der Waals surface area (Å²) in [5, 5.41) is 4.13. The average Bonchev–Trinajstić information content (AvgIpc) is 3.34. The van der Waals surface area contributed by atoms with Gasteiger partial charge in [-0.15, -0.1) is 0 Å². The lowest BCUT2D eigenvalue weighted by Gasteiger charge is -2.38. The van der Waals surface area contributed by atoms with Crippen LogP contribution in [0.2, 0.25) is 0 Å². The van der Waals surface area contributed by atoms with Gasteiger partial charge < -0.3 is 9.26 Å². The number of piperidine rings is 2. The third kappa shape index (κ3) is 5.84. The van der Waals surface area contributed by atoms with E-state index in [2.05, 4.69) is 22.3 Å². The fourth-order valence-electron chi connectivity index (χ4n) is 4.76. The van der Waals surface area contributed by atoms with E-state index in [0.717, 1.165) is 25.7 Å². The molecular formula is C24H34N4O5S. The Bertz CT molecular complexity index is 1030. The summed E-state index contributed by atoms with van der Waals surface area (Å²) in [5.41, 5.74) is 1.27. The van der Waals surface area contributed by atoms with Crippen LogP contribution in [0.15, 0.2) is 34.9 Å². The number of carbonyl (C=O) groups excluding carboxylic acids is 1. The molecule has 0 aliphatic carbocycles. The summed E-state index contributed by atoms with van der Waals surface area (Å²) in [4.78, 5) is 16.6. The lowest BCUT2D eigenvalue weighted by atomic mass is 9.98. The van der Waals surface area contributed by atoms with Crippen molar-refractivity contribution in [3.8, 4) is 0 Å². The summed E-state index contributed by atoms with van der Waals surface area (Å²) in [5.74, 6) is 0.516. The molecule has 1 aromatic heterocycles. The van der Waals surface area contributed by atoms with E-state index in [1.807, 2.05) is 18.2 Å². The molecule has 0 N–H and O–H groups in total. The van der Waals surface area contributed by atoms with Gasteiger partial charge in [-0.25, -0.2) is 0 Å². The summed E-state index contributed by atoms with van der Waals surface area (Å²) in [6.45, 7) is 3.16. The van der Waals surface area contributed by atoms with Crippen LogP contribution in [-0.4, -0.2) is 59.4 Å². The van der Waals surface area contributed by atoms with Gasteiger partial charge in [-0.05, 0) is 51.0 Å². The van der Waals surface area contributed by atoms with E-state index in [4.69, 9.17) is 9.26 Å². The minimum atomic E-state index is -3.70. The van der Waals surface area contributed by atoms with E-state index in [-0.39, 0.29) is 11.9 Å². The molecule has 9 nitrogen and oxygen atoms in total. The largest absolute Gasteiger partial charge is 0.466 e. The van der Waals surface area contributed by atoms with Crippen molar-refractivity contribution in [3.63, 3.8) is 0 Å². The van der Waals surface area contributed by atoms with Crippen molar-refractivity contribution in [1.29, 1.82) is 0 Å². The van der Waals surface area contributed by atoms with Gasteiger partial charge in [0, 0.05) is 26.1 Å². The van der Waals surface area contributed by atoms with Crippen LogP contribution in [0.3, 0.4) is 0 Å². The summed E-state index contributed by atoms with van der Waals surface area (Å²) in [6, 6.07) is 9.81. The maximum absolute atomic E-state index is 13.5. The van der Waals surface area contributed by atoms with Gasteiger partial charge in [0.1, 0.15) is 6.04 Å². The highest BCUT2D eigenvalue weighted by Crippen LogP contribution is 2.34. The highest BCUT2D eigenvalue weighted by atomic mass is 32.2. The Morgan fingerprint density at radius 1 is 1.09 bits per heavy atom. The number of benzene rings is 1. The van der Waals surface area contributed by atoms with Gasteiger partial charge in [-0.3, -0.25) is 4.79 Å². The highest BCUT2D eigenvalue weighted by Gasteiger charge is 2.41. The number of hydrogen-bond donors (Lipinski definition) is 0. The van der Waals surface area contributed by atoms with E-state index in [0.29, 0.717) is 63.6 Å². The number of nitrogens with zero attached hydrogens (tertiary/aromatic N) is 4. The van der Waals surface area contributed by atoms with Gasteiger partial charge >= 0.3 is 5.97 Å². The zero-order chi connectivity index (χ0) is 24.0. The van der Waals surface area contributed by atoms with Crippen LogP contribution >= 0.6 is 0 Å². The van der Waals surface area contributed by atoms with Gasteiger partial charge in [0.25, 0.3) is 10.2 Å². The first-order valence-electron chi connectivity index (χ1n) is 12.3. The van der Waals surface area contributed by atoms with Crippen molar-refractivity contribution in [2.75, 3.05) is 26.2 Å². The molecule has 0 amide bonds. The van der Waals surface area contributed by atoms with Crippen LogP contribution < -0.4 is 0 Å². The first kappa shape index (κ1) is 24.8. The third-order valence-corrected chi connectivity index (χ3v) is 8.68. The lowest BCUT2D eigenvalue weighted by molar-refractivity contribution is -0.149. The fourth-order valence-corrected chi connectivity index (χ4v) is 6.60. The number of rotatable bonds is 9. The summed E-state index contributed by atoms with van der Waals surface area (Å²) in [6.07, 6.45) is 5.82. The first-order chi connectivity index (χ1) is 16.5. The Labute approximate surface area is 201 Å². The Morgan fingerprint density at radius 3 is 2.59 bits per heavy atom. The lowest BCUT2D eigenvalue weighted by Crippen LogP contribution is -2.50. The molecule has 0 saturated carbocycles. The highest BCUT2D eigenvalue weighted by molar-refractivity contribution is 7.86. The smallest absolute Gasteiger partial charge is 0.309 e. The molecule has 0 radical (unpaired) electrons. The maximum atomic E-state index is 13.5. The predicted octanol–water partition coefficient (Wildman–Crippen LogP) is 3.29. The van der Waals surface area contributed by atoms with Crippen LogP contribution in [0, 0.1) is 5.92 Å². The van der Waals surface area contributed by atoms with Crippen molar-refractivity contribution < 1.29 is 22.5 Å². The molecule has 3 heterocycles. The Morgan fingerprint density at radius 2 is 1.85 bits per heavy atom. The number of carbonyl (C=O) groups is 1. The molecule has 0 bridgehead atoms. The van der Waals surface area contributed by atoms with Crippen LogP contribution in [0.25, 0.3) is 0 Å². The van der Waals surface area contributed by atoms with Gasteiger partial charge in [0.05, 0.1) is 12.5 Å². The zero-order valence-electron chi connectivity index (χ0n) is 19.8. The number of hydrogen-bond acceptors (Lipinski definition) is 7. The van der Waals surface area contributed by atoms with Crippen molar-refractivity contribution in [1.82, 2.24) is 18.8 Å². The van der Waals surface area contributed by atoms with Crippen molar-refractivity contribution in [2.24, 2.45) is 5.92 Å². The van der Waals surface area contributed by atoms with Gasteiger partial charge in [0.15, 0.2) is 5.82 Å². The molecule has 2 fully saturated rings. The van der Waals surface area contributed by atoms with E-state index in [1.54, 1.807) is 6.92 Å². The zero-order valence-corrected chi connectivity index (χ0v) is 20.6. The van der Waals surface area contributed by atoms with Crippen LogP contribution in [-0.2, 0) is 32.6 Å². The second-order valence-electron chi connectivity index (χ2n) is 8.94. The molecule has 4 rings (SSSR count). The minimum absolute atomic E-state index is 0.235. The number of esters is 1. The predicted molar refractivity (Wildman–Crippen MR) is 126 cm³/mol. The Kier molecular flexibility index (Phi) is 8.33. The standard InChI is InChI=1S/C24H34N4O5S/c1-2-32-24(29)20-14-17-27(18-15-20)34(30,31)28-16-7-6-12-21(28)23-25-22(26-33-23)13-8-11-19-9-4-3-5-10-19/h3-5,9-10,20-21H,2,6-8,11-18H2,1H3/t21-/m0/s1. The summed E-state index contributed by atoms with van der Waals surface area (Å²) >= 11 is 0. The van der Waals surface area contributed by atoms with E-state index >= 15 is 0 Å². The van der Waals surface area contributed by atoms with Gasteiger partial charge in [0.2, 0.25) is 5.89 Å². The molecule has 186 valence electrons. The third-order valence-electron chi connectivity index (χ3n) is 6.63. The van der Waals surface area contributed by atoms with E-state index in [1.165, 1.54) is 14.2 Å². The van der Waals surface area contributed by atoms with Crippen LogP contribution in [0.1, 0.15) is 68.8 Å². The van der Waals surface area contributed by atoms with Crippen LogP contribution in [0.5, 0.6) is 0 Å². The number of aryl methyl sites for hydroxylation is 2. The average molecular weight is 491 g/mol. The molecule has 2 aromatic rings. The maximum Gasteiger partial charge on any atom is 0.309 e. The van der Waals surface area contributed by atoms with Gasteiger partial charge in [-0.2, -0.15) is 22.0 Å². The normalized spacial score (nSPS) is 20.9. The molecule has 1 aromatic carbocycles. The molecule has 1 atom stereocenters. The molecule has 2 aliphatic heterocycles. The Hall–Kier alpha value is -2.30. The summed E-state index contributed by atoms with van der Waals surface area (Å²) < 4.78 is 40.7. The van der Waals surface area contributed by atoms with Crippen LogP contribution in [0.4, 0.5) is 0 Å². The minimum Gasteiger partial charge on any atom is -0.466 e. The summed E-state index contributed by atoms with van der Waals surface area (Å²) in [7, 11) is -3.70. The second-order valence-corrected chi connectivity index (χ2v) is 10.8. The fraction of sp³-hybridized carbons (Fsp3) is 0.625. The molecule has 0 unspecified atom stereocenters. The molecule has 34 heavy (non-hydrogen) atoms. The molecule has 10 heteroatoms. The molecule has 0 spiro atoms. The number of ether oxygens (including phenoxy) is 1. The number of aromatic nitrogens is 2. The van der Waals surface area contributed by atoms with Gasteiger partial charge in [-0.1, -0.05) is 41.9 Å². The topological polar surface area (TPSA) is 106 Å². The molecule has 2 aliphatic rings. The monoisotopic (exact) mass is 490 g/mol. The van der Waals surface area contributed by atoms with Crippen molar-refractivity contribution >= 4 is 16.2 Å². The van der Waals surface area contributed by atoms with E-state index in [9.17, 15) is 13.2 Å². The first-order valence-corrected chi connectivity index (χ1v) is 13.7. The SMILES string of the molecule is CCOC(=O)C1CCN(S(=O)(=O)N2CCCC[C@H]2c2nc(CCCc3ccccc3)no2)CC1. The quantitative estimate of drug-likeness (QED) is 0.497. The van der Waals surface area contributed by atoms with E-state index < -0.39 is 16.3 Å². The van der Waals surface area contributed by atoms with Crippen molar-refractivity contribution in [3.05, 3.63) is 47.6 Å². The Balaban J connectivity index is 1.38.